The third kappa shape index (κ3) is 5.25. The molecule has 162 valence electrons. The summed E-state index contributed by atoms with van der Waals surface area (Å²) in [6, 6.07) is 4.60. The first-order valence-corrected chi connectivity index (χ1v) is 11.6. The number of aromatic amines is 1. The average molecular weight is 435 g/mol. The van der Waals surface area contributed by atoms with Crippen molar-refractivity contribution in [3.05, 3.63) is 45.4 Å². The van der Waals surface area contributed by atoms with Crippen LogP contribution in [-0.2, 0) is 25.8 Å². The Labute approximate surface area is 175 Å². The van der Waals surface area contributed by atoms with Crippen LogP contribution in [0.3, 0.4) is 0 Å². The largest absolute Gasteiger partial charge is 0.378 e. The Bertz CT molecular complexity index is 1100. The quantitative estimate of drug-likeness (QED) is 0.700. The number of ether oxygens (including phenoxy) is 1. The van der Waals surface area contributed by atoms with Gasteiger partial charge < -0.3 is 15.0 Å². The van der Waals surface area contributed by atoms with E-state index in [1.807, 2.05) is 4.90 Å². The molecule has 0 atom stereocenters. The van der Waals surface area contributed by atoms with E-state index in [0.717, 1.165) is 11.8 Å². The van der Waals surface area contributed by atoms with Crippen LogP contribution in [0.5, 0.6) is 0 Å². The van der Waals surface area contributed by atoms with E-state index < -0.39 is 9.84 Å². The summed E-state index contributed by atoms with van der Waals surface area (Å²) in [5.41, 5.74) is 1.98. The number of nitrogens with zero attached hydrogens (tertiary/aromatic N) is 2. The fourth-order valence-electron chi connectivity index (χ4n) is 3.23. The Morgan fingerprint density at radius 1 is 1.27 bits per heavy atom. The summed E-state index contributed by atoms with van der Waals surface area (Å²) in [6.45, 7) is 6.04. The molecule has 1 saturated heterocycles. The summed E-state index contributed by atoms with van der Waals surface area (Å²) in [5, 5.41) is 2.74. The molecule has 1 amide bonds. The number of carbonyl (C=O) groups excluding carboxylic acids is 1. The maximum atomic E-state index is 12.5. The number of rotatable bonds is 6. The van der Waals surface area contributed by atoms with E-state index in [9.17, 15) is 18.0 Å². The molecule has 30 heavy (non-hydrogen) atoms. The number of sulfone groups is 1. The topological polar surface area (TPSA) is 121 Å². The van der Waals surface area contributed by atoms with Crippen LogP contribution in [0.4, 0.5) is 11.6 Å². The van der Waals surface area contributed by atoms with Crippen molar-refractivity contribution in [1.82, 2.24) is 9.97 Å². The maximum absolute atomic E-state index is 12.5. The van der Waals surface area contributed by atoms with Gasteiger partial charge in [-0.3, -0.25) is 14.6 Å². The molecule has 0 unspecified atom stereocenters. The summed E-state index contributed by atoms with van der Waals surface area (Å²) < 4.78 is 28.8. The molecule has 1 fully saturated rings. The van der Waals surface area contributed by atoms with Gasteiger partial charge in [0, 0.05) is 42.7 Å². The lowest BCUT2D eigenvalue weighted by molar-refractivity contribution is -0.116. The van der Waals surface area contributed by atoms with Crippen LogP contribution in [0.2, 0.25) is 0 Å². The Morgan fingerprint density at radius 3 is 2.60 bits per heavy atom. The molecule has 0 spiro atoms. The summed E-state index contributed by atoms with van der Waals surface area (Å²) >= 11 is 0. The van der Waals surface area contributed by atoms with E-state index in [4.69, 9.17) is 4.74 Å². The number of benzene rings is 1. The monoisotopic (exact) mass is 434 g/mol. The highest BCUT2D eigenvalue weighted by Crippen LogP contribution is 2.20. The number of anilines is 2. The first-order chi connectivity index (χ1) is 14.1. The zero-order valence-corrected chi connectivity index (χ0v) is 18.1. The van der Waals surface area contributed by atoms with Crippen LogP contribution in [0, 0.1) is 13.8 Å². The predicted molar refractivity (Wildman–Crippen MR) is 114 cm³/mol. The third-order valence-electron chi connectivity index (χ3n) is 5.03. The van der Waals surface area contributed by atoms with E-state index >= 15 is 0 Å². The van der Waals surface area contributed by atoms with Gasteiger partial charge in [0.2, 0.25) is 11.9 Å². The molecular formula is C20H26N4O5S. The summed E-state index contributed by atoms with van der Waals surface area (Å²) in [6.07, 6.45) is 1.42. The van der Waals surface area contributed by atoms with Crippen LogP contribution in [-0.4, -0.2) is 56.9 Å². The van der Waals surface area contributed by atoms with Crippen LogP contribution < -0.4 is 15.8 Å². The van der Waals surface area contributed by atoms with Gasteiger partial charge in [-0.1, -0.05) is 6.07 Å². The van der Waals surface area contributed by atoms with Crippen molar-refractivity contribution >= 4 is 27.4 Å². The molecule has 2 aromatic rings. The SMILES string of the molecule is Cc1ccc(S(C)(=O)=O)cc1NC(=O)CCc1c(C)nc(N2CCOCC2)[nH]c1=O. The van der Waals surface area contributed by atoms with Crippen molar-refractivity contribution < 1.29 is 17.9 Å². The molecule has 9 nitrogen and oxygen atoms in total. The first-order valence-electron chi connectivity index (χ1n) is 9.68. The van der Waals surface area contributed by atoms with Gasteiger partial charge in [0.05, 0.1) is 18.1 Å². The molecule has 1 aliphatic rings. The summed E-state index contributed by atoms with van der Waals surface area (Å²) in [5.74, 6) is 0.210. The van der Waals surface area contributed by atoms with Crippen molar-refractivity contribution in [3.8, 4) is 0 Å². The van der Waals surface area contributed by atoms with Crippen molar-refractivity contribution in [2.75, 3.05) is 42.8 Å². The molecule has 3 rings (SSSR count). The highest BCUT2D eigenvalue weighted by Gasteiger charge is 2.17. The van der Waals surface area contributed by atoms with Crippen LogP contribution in [0.25, 0.3) is 0 Å². The van der Waals surface area contributed by atoms with E-state index in [1.54, 1.807) is 19.9 Å². The second-order valence-corrected chi connectivity index (χ2v) is 9.37. The molecule has 0 bridgehead atoms. The average Bonchev–Trinajstić information content (AvgIpc) is 2.68. The highest BCUT2D eigenvalue weighted by atomic mass is 32.2. The van der Waals surface area contributed by atoms with Crippen LogP contribution in [0.15, 0.2) is 27.9 Å². The fourth-order valence-corrected chi connectivity index (χ4v) is 3.88. The van der Waals surface area contributed by atoms with E-state index in [0.29, 0.717) is 49.2 Å². The molecule has 1 aromatic heterocycles. The predicted octanol–water partition coefficient (Wildman–Crippen LogP) is 1.20. The van der Waals surface area contributed by atoms with Crippen LogP contribution >= 0.6 is 0 Å². The smallest absolute Gasteiger partial charge is 0.255 e. The van der Waals surface area contributed by atoms with Gasteiger partial charge in [0.15, 0.2) is 9.84 Å². The van der Waals surface area contributed by atoms with E-state index in [-0.39, 0.29) is 29.2 Å². The zero-order valence-electron chi connectivity index (χ0n) is 17.3. The van der Waals surface area contributed by atoms with Gasteiger partial charge in [0.1, 0.15) is 0 Å². The number of morpholine rings is 1. The molecule has 0 radical (unpaired) electrons. The Hall–Kier alpha value is -2.72. The summed E-state index contributed by atoms with van der Waals surface area (Å²) in [7, 11) is -3.37. The third-order valence-corrected chi connectivity index (χ3v) is 6.14. The minimum Gasteiger partial charge on any atom is -0.378 e. The Balaban J connectivity index is 1.68. The standard InChI is InChI=1S/C20H26N4O5S/c1-13-4-5-15(30(3,27)28)12-17(13)22-18(25)7-6-16-14(2)21-20(23-19(16)26)24-8-10-29-11-9-24/h4-5,12H,6-11H2,1-3H3,(H,22,25)(H,21,23,26). The first kappa shape index (κ1) is 22.0. The number of nitrogens with one attached hydrogen (secondary N) is 2. The molecule has 2 N–H and O–H groups in total. The molecular weight excluding hydrogens is 408 g/mol. The minimum atomic E-state index is -3.37. The minimum absolute atomic E-state index is 0.0744. The maximum Gasteiger partial charge on any atom is 0.255 e. The molecule has 0 saturated carbocycles. The zero-order chi connectivity index (χ0) is 21.9. The van der Waals surface area contributed by atoms with Gasteiger partial charge in [-0.25, -0.2) is 13.4 Å². The van der Waals surface area contributed by atoms with E-state index in [2.05, 4.69) is 15.3 Å². The molecule has 2 heterocycles. The van der Waals surface area contributed by atoms with Gasteiger partial charge >= 0.3 is 0 Å². The number of hydrogen-bond acceptors (Lipinski definition) is 7. The van der Waals surface area contributed by atoms with Crippen molar-refractivity contribution in [3.63, 3.8) is 0 Å². The molecule has 0 aliphatic carbocycles. The highest BCUT2D eigenvalue weighted by molar-refractivity contribution is 7.90. The van der Waals surface area contributed by atoms with Gasteiger partial charge in [0.25, 0.3) is 5.56 Å². The Morgan fingerprint density at radius 2 is 1.97 bits per heavy atom. The Kier molecular flexibility index (Phi) is 6.57. The van der Waals surface area contributed by atoms with Crippen molar-refractivity contribution in [2.45, 2.75) is 31.6 Å². The second kappa shape index (κ2) is 8.97. The molecule has 1 aromatic carbocycles. The molecule has 10 heteroatoms. The lowest BCUT2D eigenvalue weighted by Crippen LogP contribution is -2.38. The number of aromatic nitrogens is 2. The number of amides is 1. The van der Waals surface area contributed by atoms with Gasteiger partial charge in [-0.05, 0) is 38.0 Å². The number of hydrogen-bond donors (Lipinski definition) is 2. The lowest BCUT2D eigenvalue weighted by Gasteiger charge is -2.27. The number of carbonyl (C=O) groups is 1. The summed E-state index contributed by atoms with van der Waals surface area (Å²) in [4.78, 5) is 34.3. The van der Waals surface area contributed by atoms with Crippen molar-refractivity contribution in [2.24, 2.45) is 0 Å². The number of H-pyrrole nitrogens is 1. The lowest BCUT2D eigenvalue weighted by atomic mass is 10.1. The van der Waals surface area contributed by atoms with Gasteiger partial charge in [-0.2, -0.15) is 0 Å². The van der Waals surface area contributed by atoms with Crippen molar-refractivity contribution in [1.29, 1.82) is 0 Å². The van der Waals surface area contributed by atoms with Gasteiger partial charge in [-0.15, -0.1) is 0 Å². The number of aryl methyl sites for hydroxylation is 2. The van der Waals surface area contributed by atoms with Crippen LogP contribution in [0.1, 0.15) is 23.2 Å². The molecule has 1 aliphatic heterocycles. The fraction of sp³-hybridized carbons (Fsp3) is 0.450. The van der Waals surface area contributed by atoms with E-state index in [1.165, 1.54) is 12.1 Å². The second-order valence-electron chi connectivity index (χ2n) is 7.35. The normalized spacial score (nSPS) is 14.6.